The van der Waals surface area contributed by atoms with E-state index in [1.54, 1.807) is 6.33 Å². The Morgan fingerprint density at radius 1 is 1.27 bits per heavy atom. The molecule has 0 fully saturated rings. The Morgan fingerprint density at radius 3 is 2.64 bits per heavy atom. The van der Waals surface area contributed by atoms with E-state index in [9.17, 15) is 0 Å². The summed E-state index contributed by atoms with van der Waals surface area (Å²) >= 11 is 2.88. The van der Waals surface area contributed by atoms with E-state index in [1.807, 2.05) is 13.2 Å². The number of fused-ring (bicyclic) bond motifs is 1. The van der Waals surface area contributed by atoms with E-state index in [4.69, 9.17) is 5.73 Å². The quantitative estimate of drug-likeness (QED) is 0.693. The molecule has 0 aliphatic heterocycles. The third kappa shape index (κ3) is 2.63. The Hall–Kier alpha value is -2.17. The number of anilines is 1. The van der Waals surface area contributed by atoms with Crippen LogP contribution in [0.25, 0.3) is 11.0 Å². The topological polar surface area (TPSA) is 68.8 Å². The fraction of sp³-hybridized carbons (Fsp3) is 0.188. The van der Waals surface area contributed by atoms with Gasteiger partial charge in [0.2, 0.25) is 0 Å². The number of aryl methyl sites for hydroxylation is 1. The van der Waals surface area contributed by atoms with Gasteiger partial charge >= 0.3 is 137 Å². The zero-order valence-corrected chi connectivity index (χ0v) is 14.2. The molecule has 0 saturated carbocycles. The van der Waals surface area contributed by atoms with Gasteiger partial charge in [-0.25, -0.2) is 0 Å². The maximum absolute atomic E-state index is 5.99. The molecule has 1 aromatic carbocycles. The van der Waals surface area contributed by atoms with E-state index in [0.29, 0.717) is 4.54 Å². The van der Waals surface area contributed by atoms with Crippen molar-refractivity contribution in [2.45, 2.75) is 13.5 Å². The van der Waals surface area contributed by atoms with Crippen LogP contribution in [-0.2, 0) is 6.54 Å². The molecule has 3 aromatic rings. The van der Waals surface area contributed by atoms with Crippen LogP contribution in [0.4, 0.5) is 5.82 Å². The summed E-state index contributed by atoms with van der Waals surface area (Å²) < 4.78 is 2.74. The van der Waals surface area contributed by atoms with Crippen molar-refractivity contribution in [2.75, 3.05) is 12.4 Å². The molecule has 0 aliphatic rings. The molecule has 3 N–H and O–H groups in total. The average Bonchev–Trinajstić information content (AvgIpc) is 2.89. The summed E-state index contributed by atoms with van der Waals surface area (Å²) in [5.74, 6) is 0.779. The van der Waals surface area contributed by atoms with Crippen LogP contribution in [0, 0.1) is 6.92 Å². The van der Waals surface area contributed by atoms with Crippen molar-refractivity contribution in [1.29, 1.82) is 0 Å². The molecule has 0 saturated heterocycles. The molecule has 112 valence electrons. The maximum atomic E-state index is 5.99. The van der Waals surface area contributed by atoms with Crippen molar-refractivity contribution in [3.8, 4) is 0 Å². The van der Waals surface area contributed by atoms with Gasteiger partial charge in [-0.3, -0.25) is 0 Å². The number of hydrogen-bond acceptors (Lipinski definition) is 4. The molecule has 2 heterocycles. The zero-order chi connectivity index (χ0) is 15.7. The molecule has 22 heavy (non-hydrogen) atoms. The Kier molecular flexibility index (Phi) is 3.96. The van der Waals surface area contributed by atoms with Crippen LogP contribution in [-0.4, -0.2) is 41.7 Å². The first-order chi connectivity index (χ1) is 10.6. The van der Waals surface area contributed by atoms with Gasteiger partial charge in [-0.05, 0) is 0 Å². The summed E-state index contributed by atoms with van der Waals surface area (Å²) in [5.41, 5.74) is 10.3. The molecule has 0 amide bonds. The molecule has 0 atom stereocenters. The standard InChI is InChI=1S/C16H17N5Se/c1-10-3-5-11(6-4-10)7-21-8-12(14(17)22)13-15(18-2)19-9-20-16(13)21/h3-6,8-9H,7H2,1-2H3,(H2,17,22)(H,18,19,20). The van der Waals surface area contributed by atoms with E-state index in [0.717, 1.165) is 29.0 Å². The van der Waals surface area contributed by atoms with Gasteiger partial charge in [0.15, 0.2) is 0 Å². The molecule has 0 spiro atoms. The second-order valence-electron chi connectivity index (χ2n) is 5.19. The summed E-state index contributed by atoms with van der Waals surface area (Å²) in [4.78, 5) is 8.72. The van der Waals surface area contributed by atoms with E-state index in [1.165, 1.54) is 11.1 Å². The molecule has 2 aromatic heterocycles. The summed E-state index contributed by atoms with van der Waals surface area (Å²) in [6.45, 7) is 2.83. The number of benzene rings is 1. The first-order valence-electron chi connectivity index (χ1n) is 6.97. The first-order valence-corrected chi connectivity index (χ1v) is 7.82. The fourth-order valence-electron chi connectivity index (χ4n) is 2.51. The van der Waals surface area contributed by atoms with E-state index >= 15 is 0 Å². The van der Waals surface area contributed by atoms with Gasteiger partial charge in [-0.2, -0.15) is 0 Å². The average molecular weight is 358 g/mol. The van der Waals surface area contributed by atoms with Crippen LogP contribution in [0.15, 0.2) is 36.8 Å². The second-order valence-corrected chi connectivity index (χ2v) is 6.11. The Morgan fingerprint density at radius 2 is 2.00 bits per heavy atom. The number of aromatic nitrogens is 3. The van der Waals surface area contributed by atoms with Crippen molar-refractivity contribution in [3.63, 3.8) is 0 Å². The molecular formula is C16H17N5Se. The van der Waals surface area contributed by atoms with Crippen molar-refractivity contribution in [1.82, 2.24) is 14.5 Å². The first kappa shape index (κ1) is 14.8. The normalized spacial score (nSPS) is 10.8. The van der Waals surface area contributed by atoms with Crippen LogP contribution in [0.3, 0.4) is 0 Å². The van der Waals surface area contributed by atoms with Gasteiger partial charge in [0.1, 0.15) is 0 Å². The number of nitrogens with two attached hydrogens (primary N) is 1. The van der Waals surface area contributed by atoms with Crippen LogP contribution in [0.1, 0.15) is 16.7 Å². The minimum absolute atomic E-state index is 0.638. The van der Waals surface area contributed by atoms with Gasteiger partial charge in [0.05, 0.1) is 0 Å². The molecule has 0 unspecified atom stereocenters. The zero-order valence-electron chi connectivity index (χ0n) is 12.5. The molecule has 6 heteroatoms. The summed E-state index contributed by atoms with van der Waals surface area (Å²) in [6, 6.07) is 8.49. The van der Waals surface area contributed by atoms with Crippen LogP contribution < -0.4 is 11.1 Å². The summed E-state index contributed by atoms with van der Waals surface area (Å²) in [6.07, 6.45) is 3.59. The Labute approximate surface area is 136 Å². The Balaban J connectivity index is 2.14. The van der Waals surface area contributed by atoms with E-state index in [-0.39, 0.29) is 0 Å². The van der Waals surface area contributed by atoms with Crippen LogP contribution >= 0.6 is 0 Å². The van der Waals surface area contributed by atoms with Crippen LogP contribution in [0.2, 0.25) is 0 Å². The molecular weight excluding hydrogens is 341 g/mol. The second kappa shape index (κ2) is 5.91. The number of nitrogens with zero attached hydrogens (tertiary/aromatic N) is 3. The van der Waals surface area contributed by atoms with E-state index in [2.05, 4.69) is 66.6 Å². The molecule has 3 rings (SSSR count). The van der Waals surface area contributed by atoms with Crippen molar-refractivity contribution in [2.24, 2.45) is 5.73 Å². The SMILES string of the molecule is CNc1ncnc2c1c(C(N)=[Se])cn2Cc1ccc(C)cc1. The van der Waals surface area contributed by atoms with Crippen molar-refractivity contribution in [3.05, 3.63) is 53.5 Å². The van der Waals surface area contributed by atoms with E-state index < -0.39 is 0 Å². The predicted molar refractivity (Wildman–Crippen MR) is 91.4 cm³/mol. The molecule has 0 aliphatic carbocycles. The molecule has 0 radical (unpaired) electrons. The number of rotatable bonds is 4. The number of hydrogen-bond donors (Lipinski definition) is 2. The van der Waals surface area contributed by atoms with Crippen molar-refractivity contribution < 1.29 is 0 Å². The van der Waals surface area contributed by atoms with Gasteiger partial charge in [0.25, 0.3) is 0 Å². The number of nitrogens with one attached hydrogen (secondary N) is 1. The predicted octanol–water partition coefficient (Wildman–Crippen LogP) is 1.43. The monoisotopic (exact) mass is 359 g/mol. The third-order valence-electron chi connectivity index (χ3n) is 3.63. The van der Waals surface area contributed by atoms with Gasteiger partial charge < -0.3 is 0 Å². The summed E-state index contributed by atoms with van der Waals surface area (Å²) in [7, 11) is 1.85. The van der Waals surface area contributed by atoms with Crippen molar-refractivity contribution >= 4 is 37.0 Å². The molecule has 5 nitrogen and oxygen atoms in total. The minimum atomic E-state index is 0.638. The van der Waals surface area contributed by atoms with Gasteiger partial charge in [-0.1, -0.05) is 0 Å². The fourth-order valence-corrected chi connectivity index (χ4v) is 2.84. The molecule has 0 bridgehead atoms. The van der Waals surface area contributed by atoms with Gasteiger partial charge in [0, 0.05) is 0 Å². The Bertz CT molecular complexity index is 836. The third-order valence-corrected chi connectivity index (χ3v) is 4.09. The summed E-state index contributed by atoms with van der Waals surface area (Å²) in [5, 5.41) is 4.04. The van der Waals surface area contributed by atoms with Gasteiger partial charge in [-0.15, -0.1) is 0 Å². The van der Waals surface area contributed by atoms with Crippen LogP contribution in [0.5, 0.6) is 0 Å².